The van der Waals surface area contributed by atoms with Crippen molar-refractivity contribution in [3.8, 4) is 22.1 Å². The van der Waals surface area contributed by atoms with Gasteiger partial charge in [0.05, 0.1) is 23.4 Å². The maximum Gasteiger partial charge on any atom is 0.175 e. The molecule has 1 aromatic heterocycles. The Bertz CT molecular complexity index is 670. The molecular weight excluding hydrogens is 352 g/mol. The first-order valence-electron chi connectivity index (χ1n) is 6.88. The van der Waals surface area contributed by atoms with Crippen molar-refractivity contribution in [1.29, 1.82) is 0 Å². The van der Waals surface area contributed by atoms with Crippen molar-refractivity contribution in [2.45, 2.75) is 26.3 Å². The Morgan fingerprint density at radius 3 is 2.81 bits per heavy atom. The molecule has 1 aromatic carbocycles. The summed E-state index contributed by atoms with van der Waals surface area (Å²) >= 11 is 5.20. The maximum atomic E-state index is 5.98. The normalized spacial score (nSPS) is 15.6. The van der Waals surface area contributed by atoms with E-state index in [0.717, 1.165) is 43.5 Å². The average Bonchev–Trinajstić information content (AvgIpc) is 2.68. The van der Waals surface area contributed by atoms with Crippen molar-refractivity contribution < 1.29 is 9.47 Å². The second kappa shape index (κ2) is 5.94. The number of fused-ring (bicyclic) bond motifs is 1. The molecule has 0 radical (unpaired) electrons. The van der Waals surface area contributed by atoms with Gasteiger partial charge >= 0.3 is 0 Å². The number of aromatic nitrogens is 1. The number of hydrogen-bond donors (Lipinski definition) is 1. The molecule has 1 unspecified atom stereocenters. The Morgan fingerprint density at radius 2 is 2.10 bits per heavy atom. The van der Waals surface area contributed by atoms with Crippen LogP contribution in [0.15, 0.2) is 16.6 Å². The number of nitrogens with two attached hydrogens (primary N) is 1. The lowest BCUT2D eigenvalue weighted by Crippen LogP contribution is -2.03. The predicted molar refractivity (Wildman–Crippen MR) is 88.2 cm³/mol. The molecule has 0 fully saturated rings. The molecule has 0 saturated carbocycles. The molecule has 2 N–H and O–H groups in total. The topological polar surface area (TPSA) is 57.4 Å². The molecule has 0 saturated heterocycles. The lowest BCUT2D eigenvalue weighted by Gasteiger charge is -2.10. The zero-order valence-electron chi connectivity index (χ0n) is 12.0. The molecule has 0 amide bonds. The minimum Gasteiger partial charge on any atom is -0.489 e. The molecule has 2 aromatic rings. The summed E-state index contributed by atoms with van der Waals surface area (Å²) in [4.78, 5) is 5.76. The van der Waals surface area contributed by atoms with E-state index in [1.165, 1.54) is 0 Å². The third-order valence-corrected chi connectivity index (χ3v) is 5.29. The molecule has 0 bridgehead atoms. The van der Waals surface area contributed by atoms with Crippen LogP contribution in [0.5, 0.6) is 11.5 Å². The standard InChI is InChI=1S/C15H17BrN2O2S/c1-8(17)14-9(2)18-15(21-14)10-6-11(16)13-12(7-10)19-4-3-5-20-13/h6-8H,3-5,17H2,1-2H3. The van der Waals surface area contributed by atoms with Gasteiger partial charge < -0.3 is 15.2 Å². The largest absolute Gasteiger partial charge is 0.489 e. The van der Waals surface area contributed by atoms with E-state index in [0.29, 0.717) is 13.2 Å². The highest BCUT2D eigenvalue weighted by Crippen LogP contribution is 2.42. The number of halogens is 1. The zero-order valence-corrected chi connectivity index (χ0v) is 14.4. The van der Waals surface area contributed by atoms with Crippen molar-refractivity contribution in [2.75, 3.05) is 13.2 Å². The van der Waals surface area contributed by atoms with Crippen LogP contribution in [-0.2, 0) is 0 Å². The molecule has 1 atom stereocenters. The van der Waals surface area contributed by atoms with Crippen LogP contribution < -0.4 is 15.2 Å². The third kappa shape index (κ3) is 2.93. The van der Waals surface area contributed by atoms with Gasteiger partial charge in [0.2, 0.25) is 0 Å². The predicted octanol–water partition coefficient (Wildman–Crippen LogP) is 4.06. The smallest absolute Gasteiger partial charge is 0.175 e. The lowest BCUT2D eigenvalue weighted by atomic mass is 10.2. The Hall–Kier alpha value is -1.11. The molecule has 21 heavy (non-hydrogen) atoms. The molecule has 4 nitrogen and oxygen atoms in total. The SMILES string of the molecule is Cc1nc(-c2cc(Br)c3c(c2)OCCCO3)sc1C(C)N. The first kappa shape index (κ1) is 14.8. The monoisotopic (exact) mass is 368 g/mol. The summed E-state index contributed by atoms with van der Waals surface area (Å²) < 4.78 is 12.4. The molecule has 2 heterocycles. The van der Waals surface area contributed by atoms with Crippen molar-refractivity contribution in [3.05, 3.63) is 27.2 Å². The van der Waals surface area contributed by atoms with Crippen molar-refractivity contribution in [3.63, 3.8) is 0 Å². The van der Waals surface area contributed by atoms with Crippen LogP contribution >= 0.6 is 27.3 Å². The van der Waals surface area contributed by atoms with E-state index in [4.69, 9.17) is 15.2 Å². The quantitative estimate of drug-likeness (QED) is 0.867. The van der Waals surface area contributed by atoms with E-state index in [-0.39, 0.29) is 6.04 Å². The Morgan fingerprint density at radius 1 is 1.33 bits per heavy atom. The van der Waals surface area contributed by atoms with Gasteiger partial charge in [0.25, 0.3) is 0 Å². The van der Waals surface area contributed by atoms with Crippen LogP contribution in [0.3, 0.4) is 0 Å². The van der Waals surface area contributed by atoms with Gasteiger partial charge in [0, 0.05) is 22.9 Å². The van der Waals surface area contributed by atoms with Gasteiger partial charge in [-0.3, -0.25) is 0 Å². The minimum atomic E-state index is 0.0000938. The number of nitrogens with zero attached hydrogens (tertiary/aromatic N) is 1. The summed E-state index contributed by atoms with van der Waals surface area (Å²) in [5.41, 5.74) is 8.00. The van der Waals surface area contributed by atoms with Crippen molar-refractivity contribution in [2.24, 2.45) is 5.73 Å². The second-order valence-corrected chi connectivity index (χ2v) is 6.98. The fourth-order valence-electron chi connectivity index (χ4n) is 2.31. The highest BCUT2D eigenvalue weighted by molar-refractivity contribution is 9.10. The third-order valence-electron chi connectivity index (χ3n) is 3.30. The van der Waals surface area contributed by atoms with E-state index in [9.17, 15) is 0 Å². The zero-order chi connectivity index (χ0) is 15.0. The molecule has 0 spiro atoms. The number of thiazole rings is 1. The summed E-state index contributed by atoms with van der Waals surface area (Å²) in [6.45, 7) is 5.33. The van der Waals surface area contributed by atoms with Crippen LogP contribution in [0, 0.1) is 6.92 Å². The maximum absolute atomic E-state index is 5.98. The molecule has 3 rings (SSSR count). The van der Waals surface area contributed by atoms with Gasteiger partial charge in [0.15, 0.2) is 11.5 Å². The lowest BCUT2D eigenvalue weighted by molar-refractivity contribution is 0.296. The molecule has 1 aliphatic rings. The van der Waals surface area contributed by atoms with E-state index >= 15 is 0 Å². The number of hydrogen-bond acceptors (Lipinski definition) is 5. The number of ether oxygens (including phenoxy) is 2. The Labute approximate surface area is 136 Å². The fraction of sp³-hybridized carbons (Fsp3) is 0.400. The van der Waals surface area contributed by atoms with Crippen LogP contribution in [0.25, 0.3) is 10.6 Å². The molecule has 112 valence electrons. The van der Waals surface area contributed by atoms with Crippen molar-refractivity contribution >= 4 is 27.3 Å². The minimum absolute atomic E-state index is 0.0000938. The van der Waals surface area contributed by atoms with Crippen LogP contribution in [-0.4, -0.2) is 18.2 Å². The van der Waals surface area contributed by atoms with Gasteiger partial charge in [-0.25, -0.2) is 4.98 Å². The summed E-state index contributed by atoms with van der Waals surface area (Å²) in [7, 11) is 0. The Balaban J connectivity index is 2.05. The van der Waals surface area contributed by atoms with Gasteiger partial charge in [-0.1, -0.05) is 0 Å². The highest BCUT2D eigenvalue weighted by Gasteiger charge is 2.18. The number of rotatable bonds is 2. The molecule has 1 aliphatic heterocycles. The first-order chi connectivity index (χ1) is 10.1. The van der Waals surface area contributed by atoms with Gasteiger partial charge in [0.1, 0.15) is 5.01 Å². The highest BCUT2D eigenvalue weighted by atomic mass is 79.9. The number of benzene rings is 1. The van der Waals surface area contributed by atoms with Gasteiger partial charge in [-0.2, -0.15) is 0 Å². The second-order valence-electron chi connectivity index (χ2n) is 5.09. The van der Waals surface area contributed by atoms with E-state index in [1.807, 2.05) is 26.0 Å². The van der Waals surface area contributed by atoms with Crippen LogP contribution in [0.1, 0.15) is 30.0 Å². The van der Waals surface area contributed by atoms with Crippen molar-refractivity contribution in [1.82, 2.24) is 4.98 Å². The Kier molecular flexibility index (Phi) is 4.19. The molecular formula is C15H17BrN2O2S. The van der Waals surface area contributed by atoms with E-state index in [1.54, 1.807) is 11.3 Å². The van der Waals surface area contributed by atoms with Gasteiger partial charge in [-0.05, 0) is 41.9 Å². The summed E-state index contributed by atoms with van der Waals surface area (Å²) in [5.74, 6) is 1.55. The van der Waals surface area contributed by atoms with Crippen LogP contribution in [0.2, 0.25) is 0 Å². The van der Waals surface area contributed by atoms with Gasteiger partial charge in [-0.15, -0.1) is 11.3 Å². The summed E-state index contributed by atoms with van der Waals surface area (Å²) in [6.07, 6.45) is 0.891. The number of aryl methyl sites for hydroxylation is 1. The molecule has 0 aliphatic carbocycles. The molecule has 6 heteroatoms. The van der Waals surface area contributed by atoms with E-state index < -0.39 is 0 Å². The first-order valence-corrected chi connectivity index (χ1v) is 8.49. The van der Waals surface area contributed by atoms with Crippen LogP contribution in [0.4, 0.5) is 0 Å². The fourth-order valence-corrected chi connectivity index (χ4v) is 3.87. The average molecular weight is 369 g/mol. The summed E-state index contributed by atoms with van der Waals surface area (Å²) in [5, 5.41) is 0.955. The summed E-state index contributed by atoms with van der Waals surface area (Å²) in [6, 6.07) is 4.02. The van der Waals surface area contributed by atoms with E-state index in [2.05, 4.69) is 20.9 Å².